The third kappa shape index (κ3) is 2.66. The summed E-state index contributed by atoms with van der Waals surface area (Å²) in [5, 5.41) is 9.17. The number of hydrogen-bond acceptors (Lipinski definition) is 2. The molecule has 1 unspecified atom stereocenters. The smallest absolute Gasteiger partial charge is 0.0832 e. The summed E-state index contributed by atoms with van der Waals surface area (Å²) in [5.41, 5.74) is 1.03. The van der Waals surface area contributed by atoms with Crippen LogP contribution in [0.3, 0.4) is 0 Å². The lowest BCUT2D eigenvalue weighted by Crippen LogP contribution is -2.36. The molecule has 0 bridgehead atoms. The summed E-state index contributed by atoms with van der Waals surface area (Å²) in [5.74, 6) is 0. The minimum absolute atomic E-state index is 0.146. The Morgan fingerprint density at radius 3 is 3.06 bits per heavy atom. The Morgan fingerprint density at radius 1 is 1.44 bits per heavy atom. The maximum atomic E-state index is 9.17. The van der Waals surface area contributed by atoms with Crippen molar-refractivity contribution < 1.29 is 5.11 Å². The van der Waals surface area contributed by atoms with Crippen LogP contribution in [0.2, 0.25) is 0 Å². The van der Waals surface area contributed by atoms with E-state index in [4.69, 9.17) is 5.11 Å². The Hall–Kier alpha value is -0.800. The van der Waals surface area contributed by atoms with E-state index < -0.39 is 0 Å². The van der Waals surface area contributed by atoms with Crippen molar-refractivity contribution in [2.45, 2.75) is 44.9 Å². The molecule has 1 atom stereocenters. The SMILES string of the molecule is CN1CCCCC1CCn1cccc1CO. The van der Waals surface area contributed by atoms with Crippen LogP contribution in [0.25, 0.3) is 0 Å². The van der Waals surface area contributed by atoms with Gasteiger partial charge in [0.2, 0.25) is 0 Å². The molecule has 0 saturated carbocycles. The quantitative estimate of drug-likeness (QED) is 0.842. The molecule has 1 aliphatic heterocycles. The third-order valence-electron chi connectivity index (χ3n) is 3.71. The molecule has 1 aliphatic rings. The van der Waals surface area contributed by atoms with Crippen LogP contribution in [0.15, 0.2) is 18.3 Å². The zero-order valence-electron chi connectivity index (χ0n) is 10.1. The highest BCUT2D eigenvalue weighted by atomic mass is 16.3. The van der Waals surface area contributed by atoms with Crippen LogP contribution in [0, 0.1) is 0 Å². The average Bonchev–Trinajstić information content (AvgIpc) is 2.75. The standard InChI is InChI=1S/C13H22N2O/c1-14-8-3-2-5-12(14)7-10-15-9-4-6-13(15)11-16/h4,6,9,12,16H,2-3,5,7-8,10-11H2,1H3. The van der Waals surface area contributed by atoms with Crippen molar-refractivity contribution >= 4 is 0 Å². The zero-order chi connectivity index (χ0) is 11.4. The van der Waals surface area contributed by atoms with Gasteiger partial charge >= 0.3 is 0 Å². The molecule has 0 aliphatic carbocycles. The molecule has 1 N–H and O–H groups in total. The maximum absolute atomic E-state index is 9.17. The second-order valence-electron chi connectivity index (χ2n) is 4.77. The Morgan fingerprint density at radius 2 is 2.31 bits per heavy atom. The molecule has 0 aromatic carbocycles. The molecule has 1 aromatic heterocycles. The van der Waals surface area contributed by atoms with E-state index >= 15 is 0 Å². The van der Waals surface area contributed by atoms with Gasteiger partial charge in [0.1, 0.15) is 0 Å². The van der Waals surface area contributed by atoms with Crippen molar-refractivity contribution in [3.63, 3.8) is 0 Å². The number of aromatic nitrogens is 1. The van der Waals surface area contributed by atoms with Crippen LogP contribution in [0.1, 0.15) is 31.4 Å². The molecule has 2 heterocycles. The van der Waals surface area contributed by atoms with Gasteiger partial charge in [0.25, 0.3) is 0 Å². The van der Waals surface area contributed by atoms with Gasteiger partial charge in [-0.2, -0.15) is 0 Å². The number of nitrogens with zero attached hydrogens (tertiary/aromatic N) is 2. The predicted molar refractivity (Wildman–Crippen MR) is 65.2 cm³/mol. The topological polar surface area (TPSA) is 28.4 Å². The van der Waals surface area contributed by atoms with Crippen molar-refractivity contribution in [3.8, 4) is 0 Å². The number of hydrogen-bond donors (Lipinski definition) is 1. The first-order valence-corrected chi connectivity index (χ1v) is 6.26. The van der Waals surface area contributed by atoms with E-state index in [-0.39, 0.29) is 6.61 Å². The van der Waals surface area contributed by atoms with Gasteiger partial charge in [-0.05, 0) is 45.0 Å². The number of piperidine rings is 1. The number of aryl methyl sites for hydroxylation is 1. The van der Waals surface area contributed by atoms with Gasteiger partial charge in [-0.1, -0.05) is 6.42 Å². The number of likely N-dealkylation sites (tertiary alicyclic amines) is 1. The summed E-state index contributed by atoms with van der Waals surface area (Å²) in [6.07, 6.45) is 7.30. The third-order valence-corrected chi connectivity index (χ3v) is 3.71. The fraction of sp³-hybridized carbons (Fsp3) is 0.692. The molecule has 0 radical (unpaired) electrons. The highest BCUT2D eigenvalue weighted by Gasteiger charge is 2.18. The molecule has 3 heteroatoms. The molecule has 0 amide bonds. The van der Waals surface area contributed by atoms with Crippen LogP contribution in [-0.4, -0.2) is 34.2 Å². The van der Waals surface area contributed by atoms with Crippen molar-refractivity contribution in [1.29, 1.82) is 0 Å². The van der Waals surface area contributed by atoms with Gasteiger partial charge in [-0.3, -0.25) is 0 Å². The molecule has 16 heavy (non-hydrogen) atoms. The van der Waals surface area contributed by atoms with Crippen molar-refractivity contribution in [1.82, 2.24) is 9.47 Å². The largest absolute Gasteiger partial charge is 0.390 e. The zero-order valence-corrected chi connectivity index (χ0v) is 10.1. The molecule has 90 valence electrons. The molecule has 0 spiro atoms. The first kappa shape index (κ1) is 11.7. The summed E-state index contributed by atoms with van der Waals surface area (Å²) in [4.78, 5) is 2.48. The van der Waals surface area contributed by atoms with E-state index in [1.54, 1.807) is 0 Å². The molecule has 1 saturated heterocycles. The Balaban J connectivity index is 1.86. The van der Waals surface area contributed by atoms with E-state index in [1.807, 2.05) is 12.1 Å². The summed E-state index contributed by atoms with van der Waals surface area (Å²) >= 11 is 0. The van der Waals surface area contributed by atoms with E-state index in [9.17, 15) is 0 Å². The second-order valence-corrected chi connectivity index (χ2v) is 4.77. The van der Waals surface area contributed by atoms with Gasteiger partial charge < -0.3 is 14.6 Å². The summed E-state index contributed by atoms with van der Waals surface area (Å²) in [7, 11) is 2.23. The summed E-state index contributed by atoms with van der Waals surface area (Å²) in [6, 6.07) is 4.73. The molecule has 2 rings (SSSR count). The van der Waals surface area contributed by atoms with Crippen LogP contribution in [0.5, 0.6) is 0 Å². The lowest BCUT2D eigenvalue weighted by molar-refractivity contribution is 0.170. The highest BCUT2D eigenvalue weighted by molar-refractivity contribution is 5.05. The first-order valence-electron chi connectivity index (χ1n) is 6.26. The normalized spacial score (nSPS) is 22.5. The second kappa shape index (κ2) is 5.51. The number of aliphatic hydroxyl groups excluding tert-OH is 1. The van der Waals surface area contributed by atoms with Gasteiger partial charge in [0, 0.05) is 24.5 Å². The van der Waals surface area contributed by atoms with Crippen LogP contribution >= 0.6 is 0 Å². The lowest BCUT2D eigenvalue weighted by atomic mass is 10.0. The van der Waals surface area contributed by atoms with Crippen molar-refractivity contribution in [2.75, 3.05) is 13.6 Å². The van der Waals surface area contributed by atoms with Crippen molar-refractivity contribution in [2.24, 2.45) is 0 Å². The predicted octanol–water partition coefficient (Wildman–Crippen LogP) is 1.85. The number of rotatable bonds is 4. The minimum atomic E-state index is 0.146. The highest BCUT2D eigenvalue weighted by Crippen LogP contribution is 2.18. The van der Waals surface area contributed by atoms with E-state index in [1.165, 1.54) is 32.2 Å². The number of aliphatic hydroxyl groups is 1. The Labute approximate surface area is 97.7 Å². The fourth-order valence-electron chi connectivity index (χ4n) is 2.61. The Kier molecular flexibility index (Phi) is 4.02. The van der Waals surface area contributed by atoms with E-state index in [0.717, 1.165) is 18.3 Å². The summed E-state index contributed by atoms with van der Waals surface area (Å²) in [6.45, 7) is 2.41. The molecular formula is C13H22N2O. The molecule has 3 nitrogen and oxygen atoms in total. The molecule has 1 fully saturated rings. The van der Waals surface area contributed by atoms with E-state index in [2.05, 4.69) is 22.7 Å². The summed E-state index contributed by atoms with van der Waals surface area (Å²) < 4.78 is 2.17. The van der Waals surface area contributed by atoms with Crippen molar-refractivity contribution in [3.05, 3.63) is 24.0 Å². The Bertz CT molecular complexity index is 321. The molecule has 1 aromatic rings. The first-order chi connectivity index (χ1) is 7.81. The molecular weight excluding hydrogens is 200 g/mol. The van der Waals surface area contributed by atoms with E-state index in [0.29, 0.717) is 0 Å². The van der Waals surface area contributed by atoms with Crippen LogP contribution in [0.4, 0.5) is 0 Å². The van der Waals surface area contributed by atoms with Gasteiger partial charge in [-0.15, -0.1) is 0 Å². The average molecular weight is 222 g/mol. The minimum Gasteiger partial charge on any atom is -0.390 e. The van der Waals surface area contributed by atoms with Gasteiger partial charge in [-0.25, -0.2) is 0 Å². The fourth-order valence-corrected chi connectivity index (χ4v) is 2.61. The lowest BCUT2D eigenvalue weighted by Gasteiger charge is -2.32. The maximum Gasteiger partial charge on any atom is 0.0832 e. The monoisotopic (exact) mass is 222 g/mol. The van der Waals surface area contributed by atoms with Gasteiger partial charge in [0.15, 0.2) is 0 Å². The van der Waals surface area contributed by atoms with Crippen LogP contribution in [-0.2, 0) is 13.2 Å². The van der Waals surface area contributed by atoms with Crippen LogP contribution < -0.4 is 0 Å². The van der Waals surface area contributed by atoms with Gasteiger partial charge in [0.05, 0.1) is 6.61 Å².